The first kappa shape index (κ1) is 19.2. The van der Waals surface area contributed by atoms with E-state index in [0.717, 1.165) is 11.3 Å². The minimum absolute atomic E-state index is 0.151. The molecule has 0 radical (unpaired) electrons. The molecule has 6 heteroatoms. The highest BCUT2D eigenvalue weighted by atomic mass is 19.1. The predicted molar refractivity (Wildman–Crippen MR) is 108 cm³/mol. The van der Waals surface area contributed by atoms with Crippen LogP contribution in [0, 0.1) is 5.82 Å². The highest BCUT2D eigenvalue weighted by Crippen LogP contribution is 2.28. The summed E-state index contributed by atoms with van der Waals surface area (Å²) in [6.45, 7) is 0. The number of carbonyl (C=O) groups excluding carboxylic acids is 1. The van der Waals surface area contributed by atoms with Crippen molar-refractivity contribution in [3.63, 3.8) is 0 Å². The van der Waals surface area contributed by atoms with Crippen molar-refractivity contribution in [2.24, 2.45) is 0 Å². The van der Waals surface area contributed by atoms with E-state index in [1.165, 1.54) is 6.07 Å². The molecule has 0 atom stereocenters. The summed E-state index contributed by atoms with van der Waals surface area (Å²) in [4.78, 5) is 12.3. The van der Waals surface area contributed by atoms with Gasteiger partial charge in [-0.2, -0.15) is 0 Å². The molecule has 0 saturated carbocycles. The van der Waals surface area contributed by atoms with E-state index >= 15 is 0 Å². The average Bonchev–Trinajstić information content (AvgIpc) is 2.71. The number of hydrogen-bond donors (Lipinski definition) is 2. The molecule has 0 spiro atoms. The number of carbonyl (C=O) groups is 1. The first-order valence-corrected chi connectivity index (χ1v) is 8.71. The molecule has 1 amide bonds. The van der Waals surface area contributed by atoms with Crippen LogP contribution >= 0.6 is 0 Å². The molecule has 0 fully saturated rings. The maximum absolute atomic E-state index is 13.7. The van der Waals surface area contributed by atoms with E-state index in [-0.39, 0.29) is 18.1 Å². The molecule has 0 heterocycles. The van der Waals surface area contributed by atoms with E-state index < -0.39 is 0 Å². The molecular formula is C22H21FN2O3. The van der Waals surface area contributed by atoms with Crippen LogP contribution in [0.25, 0.3) is 0 Å². The second-order valence-electron chi connectivity index (χ2n) is 6.10. The van der Waals surface area contributed by atoms with Gasteiger partial charge in [-0.3, -0.25) is 4.79 Å². The van der Waals surface area contributed by atoms with E-state index in [0.29, 0.717) is 22.9 Å². The molecule has 0 aromatic heterocycles. The number of benzene rings is 3. The second-order valence-corrected chi connectivity index (χ2v) is 6.10. The smallest absolute Gasteiger partial charge is 0.228 e. The van der Waals surface area contributed by atoms with Gasteiger partial charge in [-0.15, -0.1) is 0 Å². The quantitative estimate of drug-likeness (QED) is 0.620. The van der Waals surface area contributed by atoms with Gasteiger partial charge in [-0.05, 0) is 54.1 Å². The number of hydrogen-bond acceptors (Lipinski definition) is 4. The largest absolute Gasteiger partial charge is 0.493 e. The van der Waals surface area contributed by atoms with Gasteiger partial charge in [0.05, 0.1) is 26.3 Å². The van der Waals surface area contributed by atoms with Crippen LogP contribution in [0.3, 0.4) is 0 Å². The van der Waals surface area contributed by atoms with Crippen LogP contribution in [-0.4, -0.2) is 20.1 Å². The molecule has 0 aliphatic rings. The van der Waals surface area contributed by atoms with Gasteiger partial charge in [0.1, 0.15) is 5.82 Å². The average molecular weight is 380 g/mol. The van der Waals surface area contributed by atoms with E-state index in [1.807, 2.05) is 6.07 Å². The monoisotopic (exact) mass is 380 g/mol. The summed E-state index contributed by atoms with van der Waals surface area (Å²) in [5.41, 5.74) is 2.59. The normalized spacial score (nSPS) is 10.2. The van der Waals surface area contributed by atoms with Crippen molar-refractivity contribution in [3.05, 3.63) is 78.1 Å². The van der Waals surface area contributed by atoms with Gasteiger partial charge >= 0.3 is 0 Å². The van der Waals surface area contributed by atoms with Crippen LogP contribution in [0.5, 0.6) is 11.5 Å². The lowest BCUT2D eigenvalue weighted by Gasteiger charge is -2.11. The van der Waals surface area contributed by atoms with E-state index in [9.17, 15) is 9.18 Å². The maximum atomic E-state index is 13.7. The van der Waals surface area contributed by atoms with Crippen LogP contribution in [-0.2, 0) is 11.2 Å². The van der Waals surface area contributed by atoms with Crippen LogP contribution < -0.4 is 20.1 Å². The van der Waals surface area contributed by atoms with Crippen molar-refractivity contribution >= 4 is 23.0 Å². The number of rotatable bonds is 7. The standard InChI is InChI=1S/C22H21FN2O3/c1-27-20-12-7-15(13-21(20)28-2)14-22(26)25-17-10-8-16(9-11-17)24-19-6-4-3-5-18(19)23/h3-13,24H,14H2,1-2H3,(H,25,26). The van der Waals surface area contributed by atoms with E-state index in [2.05, 4.69) is 10.6 Å². The molecule has 3 rings (SSSR count). The number of para-hydroxylation sites is 1. The minimum Gasteiger partial charge on any atom is -0.493 e. The molecule has 28 heavy (non-hydrogen) atoms. The molecule has 3 aromatic rings. The summed E-state index contributed by atoms with van der Waals surface area (Å²) < 4.78 is 24.2. The molecule has 3 aromatic carbocycles. The Bertz CT molecular complexity index is 958. The Morgan fingerprint density at radius 2 is 1.57 bits per heavy atom. The number of anilines is 3. The fourth-order valence-corrected chi connectivity index (χ4v) is 2.74. The summed E-state index contributed by atoms with van der Waals surface area (Å²) in [5, 5.41) is 5.85. The molecular weight excluding hydrogens is 359 g/mol. The van der Waals surface area contributed by atoms with Gasteiger partial charge in [-0.25, -0.2) is 4.39 Å². The lowest BCUT2D eigenvalue weighted by atomic mass is 10.1. The van der Waals surface area contributed by atoms with E-state index in [1.54, 1.807) is 68.8 Å². The van der Waals surface area contributed by atoms with Gasteiger partial charge in [-0.1, -0.05) is 18.2 Å². The number of halogens is 1. The fraction of sp³-hybridized carbons (Fsp3) is 0.136. The SMILES string of the molecule is COc1ccc(CC(=O)Nc2ccc(Nc3ccccc3F)cc2)cc1OC. The topological polar surface area (TPSA) is 59.6 Å². The van der Waals surface area contributed by atoms with Crippen molar-refractivity contribution in [2.75, 3.05) is 24.9 Å². The Hall–Kier alpha value is -3.54. The molecule has 2 N–H and O–H groups in total. The summed E-state index contributed by atoms with van der Waals surface area (Å²) >= 11 is 0. The molecule has 0 aliphatic carbocycles. The van der Waals surface area contributed by atoms with Crippen molar-refractivity contribution in [3.8, 4) is 11.5 Å². The fourth-order valence-electron chi connectivity index (χ4n) is 2.74. The van der Waals surface area contributed by atoms with Gasteiger partial charge in [0, 0.05) is 11.4 Å². The molecule has 0 unspecified atom stereocenters. The first-order chi connectivity index (χ1) is 13.6. The number of amides is 1. The molecule has 0 saturated heterocycles. The Labute approximate surface area is 163 Å². The first-order valence-electron chi connectivity index (χ1n) is 8.71. The third-order valence-corrected chi connectivity index (χ3v) is 4.13. The summed E-state index contributed by atoms with van der Waals surface area (Å²) in [6.07, 6.45) is 0.204. The number of ether oxygens (including phenoxy) is 2. The Balaban J connectivity index is 1.61. The predicted octanol–water partition coefficient (Wildman–Crippen LogP) is 4.77. The van der Waals surface area contributed by atoms with Gasteiger partial charge in [0.25, 0.3) is 0 Å². The van der Waals surface area contributed by atoms with Crippen molar-refractivity contribution < 1.29 is 18.7 Å². The molecule has 0 bridgehead atoms. The Kier molecular flexibility index (Phi) is 6.11. The zero-order valence-corrected chi connectivity index (χ0v) is 15.7. The maximum Gasteiger partial charge on any atom is 0.228 e. The number of nitrogens with one attached hydrogen (secondary N) is 2. The van der Waals surface area contributed by atoms with Crippen molar-refractivity contribution in [1.82, 2.24) is 0 Å². The summed E-state index contributed by atoms with van der Waals surface area (Å²) in [6, 6.07) is 18.9. The van der Waals surface area contributed by atoms with Gasteiger partial charge in [0.2, 0.25) is 5.91 Å². The highest BCUT2D eigenvalue weighted by Gasteiger charge is 2.09. The minimum atomic E-state index is -0.324. The van der Waals surface area contributed by atoms with Crippen molar-refractivity contribution in [1.29, 1.82) is 0 Å². The van der Waals surface area contributed by atoms with Gasteiger partial charge in [0.15, 0.2) is 11.5 Å². The highest BCUT2D eigenvalue weighted by molar-refractivity contribution is 5.92. The zero-order chi connectivity index (χ0) is 19.9. The third-order valence-electron chi connectivity index (χ3n) is 4.13. The molecule has 0 aliphatic heterocycles. The van der Waals surface area contributed by atoms with Crippen LogP contribution in [0.1, 0.15) is 5.56 Å². The third kappa shape index (κ3) is 4.79. The van der Waals surface area contributed by atoms with Crippen LogP contribution in [0.15, 0.2) is 66.7 Å². The number of methoxy groups -OCH3 is 2. The Morgan fingerprint density at radius 1 is 0.893 bits per heavy atom. The van der Waals surface area contributed by atoms with Crippen LogP contribution in [0.2, 0.25) is 0 Å². The lowest BCUT2D eigenvalue weighted by molar-refractivity contribution is -0.115. The second kappa shape index (κ2) is 8.90. The Morgan fingerprint density at radius 3 is 2.25 bits per heavy atom. The molecule has 5 nitrogen and oxygen atoms in total. The molecule has 144 valence electrons. The zero-order valence-electron chi connectivity index (χ0n) is 15.7. The summed E-state index contributed by atoms with van der Waals surface area (Å²) in [7, 11) is 3.12. The summed E-state index contributed by atoms with van der Waals surface area (Å²) in [5.74, 6) is 0.720. The van der Waals surface area contributed by atoms with Crippen molar-refractivity contribution in [2.45, 2.75) is 6.42 Å². The van der Waals surface area contributed by atoms with E-state index in [4.69, 9.17) is 9.47 Å². The lowest BCUT2D eigenvalue weighted by Crippen LogP contribution is -2.14. The van der Waals surface area contributed by atoms with Gasteiger partial charge < -0.3 is 20.1 Å². The van der Waals surface area contributed by atoms with Crippen LogP contribution in [0.4, 0.5) is 21.5 Å².